The summed E-state index contributed by atoms with van der Waals surface area (Å²) in [6.07, 6.45) is 5.37. The lowest BCUT2D eigenvalue weighted by atomic mass is 10.0. The van der Waals surface area contributed by atoms with Crippen molar-refractivity contribution < 1.29 is 9.13 Å². The molecule has 2 N–H and O–H groups in total. The number of halogens is 1. The highest BCUT2D eigenvalue weighted by molar-refractivity contribution is 5.30. The van der Waals surface area contributed by atoms with Crippen molar-refractivity contribution in [3.05, 3.63) is 29.6 Å². The van der Waals surface area contributed by atoms with Gasteiger partial charge >= 0.3 is 0 Å². The molecule has 0 fully saturated rings. The third-order valence-electron chi connectivity index (χ3n) is 3.52. The first kappa shape index (κ1) is 17.0. The lowest BCUT2D eigenvalue weighted by molar-refractivity contribution is 0.232. The summed E-state index contributed by atoms with van der Waals surface area (Å²) in [7, 11) is 0. The van der Waals surface area contributed by atoms with Crippen molar-refractivity contribution in [2.45, 2.75) is 58.9 Å². The predicted octanol–water partition coefficient (Wildman–Crippen LogP) is 4.31. The minimum atomic E-state index is -0.250. The van der Waals surface area contributed by atoms with Crippen LogP contribution in [-0.2, 0) is 6.42 Å². The first-order chi connectivity index (χ1) is 9.55. The van der Waals surface area contributed by atoms with Gasteiger partial charge in [0, 0.05) is 12.1 Å². The second kappa shape index (κ2) is 8.96. The molecule has 0 aliphatic rings. The van der Waals surface area contributed by atoms with E-state index in [0.29, 0.717) is 24.7 Å². The monoisotopic (exact) mass is 281 g/mol. The Morgan fingerprint density at radius 1 is 1.25 bits per heavy atom. The van der Waals surface area contributed by atoms with Gasteiger partial charge in [-0.1, -0.05) is 33.1 Å². The molecule has 0 amide bonds. The fourth-order valence-electron chi connectivity index (χ4n) is 2.31. The smallest absolute Gasteiger partial charge is 0.127 e. The van der Waals surface area contributed by atoms with Crippen LogP contribution in [0.25, 0.3) is 0 Å². The summed E-state index contributed by atoms with van der Waals surface area (Å²) in [5.41, 5.74) is 6.66. The van der Waals surface area contributed by atoms with Gasteiger partial charge in [0.15, 0.2) is 0 Å². The molecule has 2 atom stereocenters. The van der Waals surface area contributed by atoms with Gasteiger partial charge in [-0.3, -0.25) is 0 Å². The van der Waals surface area contributed by atoms with E-state index in [9.17, 15) is 4.39 Å². The summed E-state index contributed by atoms with van der Waals surface area (Å²) in [5.74, 6) is 0.922. The Morgan fingerprint density at radius 2 is 2.00 bits per heavy atom. The number of nitrogens with two attached hydrogens (primary N) is 1. The van der Waals surface area contributed by atoms with Gasteiger partial charge in [0.2, 0.25) is 0 Å². The van der Waals surface area contributed by atoms with Crippen molar-refractivity contribution in [2.75, 3.05) is 6.61 Å². The summed E-state index contributed by atoms with van der Waals surface area (Å²) in [6, 6.07) is 4.92. The zero-order chi connectivity index (χ0) is 15.0. The summed E-state index contributed by atoms with van der Waals surface area (Å²) in [4.78, 5) is 0. The third-order valence-corrected chi connectivity index (χ3v) is 3.52. The fourth-order valence-corrected chi connectivity index (χ4v) is 2.31. The Hall–Kier alpha value is -1.09. The highest BCUT2D eigenvalue weighted by Gasteiger charge is 2.09. The molecule has 0 heterocycles. The second-order valence-electron chi connectivity index (χ2n) is 5.70. The maximum Gasteiger partial charge on any atom is 0.127 e. The molecule has 0 saturated carbocycles. The second-order valence-corrected chi connectivity index (χ2v) is 5.70. The summed E-state index contributed by atoms with van der Waals surface area (Å²) < 4.78 is 19.3. The number of benzene rings is 1. The summed E-state index contributed by atoms with van der Waals surface area (Å²) in [5, 5.41) is 0. The van der Waals surface area contributed by atoms with E-state index in [-0.39, 0.29) is 11.9 Å². The van der Waals surface area contributed by atoms with E-state index in [4.69, 9.17) is 10.5 Å². The van der Waals surface area contributed by atoms with Crippen LogP contribution in [0.15, 0.2) is 18.2 Å². The van der Waals surface area contributed by atoms with Gasteiger partial charge in [0.25, 0.3) is 0 Å². The van der Waals surface area contributed by atoms with Gasteiger partial charge in [0.1, 0.15) is 11.6 Å². The molecule has 3 heteroatoms. The molecule has 0 aromatic heterocycles. The number of unbranched alkanes of at least 4 members (excludes halogenated alkanes) is 1. The van der Waals surface area contributed by atoms with Gasteiger partial charge in [-0.05, 0) is 43.4 Å². The number of rotatable bonds is 9. The van der Waals surface area contributed by atoms with Crippen molar-refractivity contribution in [3.63, 3.8) is 0 Å². The van der Waals surface area contributed by atoms with Crippen LogP contribution in [0.1, 0.15) is 52.0 Å². The molecule has 1 aromatic carbocycles. The molecule has 0 spiro atoms. The Bertz CT molecular complexity index is 393. The Morgan fingerprint density at radius 3 is 2.60 bits per heavy atom. The summed E-state index contributed by atoms with van der Waals surface area (Å²) >= 11 is 0. The molecule has 0 saturated heterocycles. The molecule has 1 aromatic rings. The zero-order valence-corrected chi connectivity index (χ0v) is 13.0. The van der Waals surface area contributed by atoms with Crippen molar-refractivity contribution in [1.29, 1.82) is 0 Å². The van der Waals surface area contributed by atoms with Crippen LogP contribution >= 0.6 is 0 Å². The van der Waals surface area contributed by atoms with Gasteiger partial charge in [0.05, 0.1) is 6.61 Å². The molecule has 0 aliphatic heterocycles. The van der Waals surface area contributed by atoms with Crippen molar-refractivity contribution >= 4 is 0 Å². The van der Waals surface area contributed by atoms with Crippen molar-refractivity contribution in [2.24, 2.45) is 11.7 Å². The third kappa shape index (κ3) is 6.38. The molecule has 0 bridgehead atoms. The van der Waals surface area contributed by atoms with Crippen LogP contribution in [0.4, 0.5) is 4.39 Å². The highest BCUT2D eigenvalue weighted by Crippen LogP contribution is 2.20. The number of hydrogen-bond acceptors (Lipinski definition) is 2. The molecule has 0 radical (unpaired) electrons. The van der Waals surface area contributed by atoms with Crippen LogP contribution in [0, 0.1) is 11.7 Å². The van der Waals surface area contributed by atoms with E-state index in [1.165, 1.54) is 31.4 Å². The molecule has 2 unspecified atom stereocenters. The van der Waals surface area contributed by atoms with Crippen LogP contribution in [0.2, 0.25) is 0 Å². The van der Waals surface area contributed by atoms with Crippen LogP contribution in [0.3, 0.4) is 0 Å². The SMILES string of the molecule is CCCCC(CC)COc1cc(F)cc(CC(C)N)c1. The van der Waals surface area contributed by atoms with Crippen molar-refractivity contribution in [1.82, 2.24) is 0 Å². The number of ether oxygens (including phenoxy) is 1. The maximum atomic E-state index is 13.6. The van der Waals surface area contributed by atoms with Gasteiger partial charge in [-0.2, -0.15) is 0 Å². The van der Waals surface area contributed by atoms with Crippen molar-refractivity contribution in [3.8, 4) is 5.75 Å². The number of hydrogen-bond donors (Lipinski definition) is 1. The van der Waals surface area contributed by atoms with Gasteiger partial charge < -0.3 is 10.5 Å². The average molecular weight is 281 g/mol. The lowest BCUT2D eigenvalue weighted by Crippen LogP contribution is -2.18. The van der Waals surface area contributed by atoms with Crippen LogP contribution < -0.4 is 10.5 Å². The average Bonchev–Trinajstić information content (AvgIpc) is 2.37. The molecule has 114 valence electrons. The van der Waals surface area contributed by atoms with Crippen LogP contribution in [0.5, 0.6) is 5.75 Å². The minimum absolute atomic E-state index is 0.0256. The topological polar surface area (TPSA) is 35.2 Å². The normalized spacial score (nSPS) is 14.1. The van der Waals surface area contributed by atoms with E-state index in [1.54, 1.807) is 0 Å². The first-order valence-electron chi connectivity index (χ1n) is 7.73. The fraction of sp³-hybridized carbons (Fsp3) is 0.647. The molecule has 1 rings (SSSR count). The predicted molar refractivity (Wildman–Crippen MR) is 82.6 cm³/mol. The standard InChI is InChI=1S/C17H28FNO/c1-4-6-7-14(5-2)12-20-17-10-15(8-13(3)19)9-16(18)11-17/h9-11,13-14H,4-8,12,19H2,1-3H3. The Kier molecular flexibility index (Phi) is 7.60. The quantitative estimate of drug-likeness (QED) is 0.732. The molecular formula is C17H28FNO. The summed E-state index contributed by atoms with van der Waals surface area (Å²) in [6.45, 7) is 6.96. The zero-order valence-electron chi connectivity index (χ0n) is 13.0. The Balaban J connectivity index is 2.59. The maximum absolute atomic E-state index is 13.6. The van der Waals surface area contributed by atoms with Crippen LogP contribution in [-0.4, -0.2) is 12.6 Å². The lowest BCUT2D eigenvalue weighted by Gasteiger charge is -2.16. The Labute approximate surface area is 122 Å². The largest absolute Gasteiger partial charge is 0.493 e. The van der Waals surface area contributed by atoms with E-state index >= 15 is 0 Å². The van der Waals surface area contributed by atoms with Gasteiger partial charge in [-0.25, -0.2) is 4.39 Å². The van der Waals surface area contributed by atoms with E-state index in [1.807, 2.05) is 13.0 Å². The molecule has 0 aliphatic carbocycles. The van der Waals surface area contributed by atoms with E-state index in [0.717, 1.165) is 12.0 Å². The minimum Gasteiger partial charge on any atom is -0.493 e. The van der Waals surface area contributed by atoms with E-state index < -0.39 is 0 Å². The molecule has 2 nitrogen and oxygen atoms in total. The highest BCUT2D eigenvalue weighted by atomic mass is 19.1. The first-order valence-corrected chi connectivity index (χ1v) is 7.73. The molecule has 20 heavy (non-hydrogen) atoms. The molecular weight excluding hydrogens is 253 g/mol. The van der Waals surface area contributed by atoms with E-state index in [2.05, 4.69) is 13.8 Å². The van der Waals surface area contributed by atoms with Gasteiger partial charge in [-0.15, -0.1) is 0 Å².